The highest BCUT2D eigenvalue weighted by Gasteiger charge is 2.24. The highest BCUT2D eigenvalue weighted by Crippen LogP contribution is 2.32. The number of para-hydroxylation sites is 1. The average Bonchev–Trinajstić information content (AvgIpc) is 2.88. The lowest BCUT2D eigenvalue weighted by atomic mass is 10.0. The number of aromatic carboxylic acids is 1. The second-order valence-corrected chi connectivity index (χ2v) is 3.88. The molecule has 0 amide bonds. The Bertz CT molecular complexity index is 573. The molecule has 0 radical (unpaired) electrons. The summed E-state index contributed by atoms with van der Waals surface area (Å²) in [5, 5.41) is 19.3. The molecule has 0 saturated carbocycles. The summed E-state index contributed by atoms with van der Waals surface area (Å²) in [5.41, 5.74) is 0.417. The highest BCUT2D eigenvalue weighted by molar-refractivity contribution is 5.89. The maximum absolute atomic E-state index is 11.0. The molecule has 0 aliphatic carbocycles. The van der Waals surface area contributed by atoms with Crippen LogP contribution in [0.2, 0.25) is 0 Å². The SMILES string of the molecule is CCOc1ccccc1C(O)c1occc1C(=O)O. The Morgan fingerprint density at radius 1 is 1.37 bits per heavy atom. The number of carboxylic acid groups (broad SMARTS) is 1. The van der Waals surface area contributed by atoms with Crippen LogP contribution in [0.1, 0.15) is 34.7 Å². The Balaban J connectivity index is 2.41. The Hall–Kier alpha value is -2.27. The first kappa shape index (κ1) is 13.2. The number of benzene rings is 1. The average molecular weight is 262 g/mol. The second-order valence-electron chi connectivity index (χ2n) is 3.88. The molecule has 1 aromatic carbocycles. The van der Waals surface area contributed by atoms with Gasteiger partial charge in [0.15, 0.2) is 5.76 Å². The van der Waals surface area contributed by atoms with Crippen LogP contribution in [-0.4, -0.2) is 22.8 Å². The van der Waals surface area contributed by atoms with Gasteiger partial charge >= 0.3 is 5.97 Å². The van der Waals surface area contributed by atoms with Gasteiger partial charge in [-0.1, -0.05) is 18.2 Å². The number of rotatable bonds is 5. The summed E-state index contributed by atoms with van der Waals surface area (Å²) in [6, 6.07) is 8.21. The van der Waals surface area contributed by atoms with Gasteiger partial charge in [0.1, 0.15) is 17.4 Å². The van der Waals surface area contributed by atoms with E-state index in [1.54, 1.807) is 24.3 Å². The van der Waals surface area contributed by atoms with Crippen LogP contribution in [-0.2, 0) is 0 Å². The van der Waals surface area contributed by atoms with Gasteiger partial charge in [0.25, 0.3) is 0 Å². The Morgan fingerprint density at radius 2 is 2.11 bits per heavy atom. The quantitative estimate of drug-likeness (QED) is 0.865. The maximum Gasteiger partial charge on any atom is 0.339 e. The molecule has 1 aromatic heterocycles. The maximum atomic E-state index is 11.0. The van der Waals surface area contributed by atoms with Crippen molar-refractivity contribution in [2.45, 2.75) is 13.0 Å². The van der Waals surface area contributed by atoms with E-state index in [0.29, 0.717) is 17.9 Å². The normalized spacial score (nSPS) is 12.1. The Kier molecular flexibility index (Phi) is 3.87. The van der Waals surface area contributed by atoms with Gasteiger partial charge in [0.2, 0.25) is 0 Å². The minimum atomic E-state index is -1.18. The van der Waals surface area contributed by atoms with Gasteiger partial charge in [-0.2, -0.15) is 0 Å². The van der Waals surface area contributed by atoms with E-state index < -0.39 is 12.1 Å². The summed E-state index contributed by atoms with van der Waals surface area (Å²) < 4.78 is 10.5. The molecular formula is C14H14O5. The van der Waals surface area contributed by atoms with Crippen molar-refractivity contribution < 1.29 is 24.2 Å². The summed E-state index contributed by atoms with van der Waals surface area (Å²) in [6.07, 6.45) is 0.0644. The highest BCUT2D eigenvalue weighted by atomic mass is 16.5. The van der Waals surface area contributed by atoms with E-state index in [-0.39, 0.29) is 11.3 Å². The lowest BCUT2D eigenvalue weighted by Crippen LogP contribution is -2.07. The van der Waals surface area contributed by atoms with E-state index >= 15 is 0 Å². The Morgan fingerprint density at radius 3 is 2.79 bits per heavy atom. The third kappa shape index (κ3) is 2.61. The van der Waals surface area contributed by atoms with Gasteiger partial charge in [-0.15, -0.1) is 0 Å². The van der Waals surface area contributed by atoms with Crippen molar-refractivity contribution in [2.24, 2.45) is 0 Å². The van der Waals surface area contributed by atoms with Crippen molar-refractivity contribution in [1.29, 1.82) is 0 Å². The van der Waals surface area contributed by atoms with E-state index in [0.717, 1.165) is 0 Å². The number of hydrogen-bond donors (Lipinski definition) is 2. The number of furan rings is 1. The zero-order chi connectivity index (χ0) is 13.8. The molecule has 5 heteroatoms. The van der Waals surface area contributed by atoms with E-state index in [1.807, 2.05) is 6.92 Å². The number of ether oxygens (including phenoxy) is 1. The number of aliphatic hydroxyl groups is 1. The molecule has 100 valence electrons. The lowest BCUT2D eigenvalue weighted by molar-refractivity contribution is 0.0687. The van der Waals surface area contributed by atoms with Crippen molar-refractivity contribution in [3.63, 3.8) is 0 Å². The minimum Gasteiger partial charge on any atom is -0.493 e. The van der Waals surface area contributed by atoms with Gasteiger partial charge in [-0.25, -0.2) is 4.79 Å². The second kappa shape index (κ2) is 5.58. The summed E-state index contributed by atoms with van der Waals surface area (Å²) in [6.45, 7) is 2.28. The number of carbonyl (C=O) groups is 1. The molecule has 1 atom stereocenters. The van der Waals surface area contributed by atoms with Crippen molar-refractivity contribution >= 4 is 5.97 Å². The number of aliphatic hydroxyl groups excluding tert-OH is 1. The molecule has 0 aliphatic rings. The fourth-order valence-electron chi connectivity index (χ4n) is 1.84. The van der Waals surface area contributed by atoms with E-state index in [2.05, 4.69) is 0 Å². The largest absolute Gasteiger partial charge is 0.493 e. The molecule has 5 nitrogen and oxygen atoms in total. The first-order valence-corrected chi connectivity index (χ1v) is 5.85. The molecule has 19 heavy (non-hydrogen) atoms. The molecular weight excluding hydrogens is 248 g/mol. The van der Waals surface area contributed by atoms with Crippen molar-refractivity contribution in [1.82, 2.24) is 0 Å². The van der Waals surface area contributed by atoms with Crippen LogP contribution in [0.5, 0.6) is 5.75 Å². The molecule has 2 rings (SSSR count). The van der Waals surface area contributed by atoms with Gasteiger partial charge in [0, 0.05) is 5.56 Å². The number of hydrogen-bond acceptors (Lipinski definition) is 4. The molecule has 1 unspecified atom stereocenters. The molecule has 0 bridgehead atoms. The topological polar surface area (TPSA) is 79.9 Å². The molecule has 0 saturated heterocycles. The molecule has 0 fully saturated rings. The first-order valence-electron chi connectivity index (χ1n) is 5.85. The van der Waals surface area contributed by atoms with Crippen LogP contribution in [0.25, 0.3) is 0 Å². The summed E-state index contributed by atoms with van der Waals surface area (Å²) in [4.78, 5) is 11.0. The van der Waals surface area contributed by atoms with Crippen molar-refractivity contribution in [3.05, 3.63) is 53.5 Å². The van der Waals surface area contributed by atoms with Crippen LogP contribution in [0.4, 0.5) is 0 Å². The van der Waals surface area contributed by atoms with Crippen LogP contribution < -0.4 is 4.74 Å². The predicted octanol–water partition coefficient (Wildman–Crippen LogP) is 2.46. The zero-order valence-electron chi connectivity index (χ0n) is 10.4. The fourth-order valence-corrected chi connectivity index (χ4v) is 1.84. The van der Waals surface area contributed by atoms with Crippen molar-refractivity contribution in [2.75, 3.05) is 6.61 Å². The third-order valence-corrected chi connectivity index (χ3v) is 2.69. The first-order chi connectivity index (χ1) is 9.15. The molecule has 2 N–H and O–H groups in total. The van der Waals surface area contributed by atoms with E-state index in [1.165, 1.54) is 12.3 Å². The van der Waals surface area contributed by atoms with Gasteiger partial charge < -0.3 is 19.4 Å². The summed E-state index contributed by atoms with van der Waals surface area (Å²) in [5.74, 6) is -0.637. The molecule has 1 heterocycles. The van der Waals surface area contributed by atoms with Crippen molar-refractivity contribution in [3.8, 4) is 5.75 Å². The number of carboxylic acids is 1. The van der Waals surface area contributed by atoms with E-state index in [9.17, 15) is 9.90 Å². The van der Waals surface area contributed by atoms with Crippen LogP contribution >= 0.6 is 0 Å². The van der Waals surface area contributed by atoms with Crippen LogP contribution in [0, 0.1) is 0 Å². The van der Waals surface area contributed by atoms with Crippen LogP contribution in [0.15, 0.2) is 41.0 Å². The third-order valence-electron chi connectivity index (χ3n) is 2.69. The fraction of sp³-hybridized carbons (Fsp3) is 0.214. The molecule has 0 spiro atoms. The molecule has 2 aromatic rings. The van der Waals surface area contributed by atoms with Crippen LogP contribution in [0.3, 0.4) is 0 Å². The lowest BCUT2D eigenvalue weighted by Gasteiger charge is -2.14. The zero-order valence-corrected chi connectivity index (χ0v) is 10.4. The van der Waals surface area contributed by atoms with E-state index in [4.69, 9.17) is 14.3 Å². The summed E-state index contributed by atoms with van der Waals surface area (Å²) >= 11 is 0. The van der Waals surface area contributed by atoms with Gasteiger partial charge in [-0.3, -0.25) is 0 Å². The molecule has 0 aliphatic heterocycles. The van der Waals surface area contributed by atoms with Gasteiger partial charge in [0.05, 0.1) is 12.9 Å². The minimum absolute atomic E-state index is 0.000321. The monoisotopic (exact) mass is 262 g/mol. The summed E-state index contributed by atoms with van der Waals surface area (Å²) in [7, 11) is 0. The smallest absolute Gasteiger partial charge is 0.339 e. The van der Waals surface area contributed by atoms with Gasteiger partial charge in [-0.05, 0) is 19.1 Å². The standard InChI is InChI=1S/C14H14O5/c1-2-18-11-6-4-3-5-9(11)12(15)13-10(14(16)17)7-8-19-13/h3-8,12,15H,2H2,1H3,(H,16,17). The predicted molar refractivity (Wildman–Crippen MR) is 67.3 cm³/mol. The Labute approximate surface area is 110 Å².